The van der Waals surface area contributed by atoms with Gasteiger partial charge in [-0.25, -0.2) is 0 Å². The Bertz CT molecular complexity index is 307. The lowest BCUT2D eigenvalue weighted by Gasteiger charge is -2.18. The zero-order valence-electron chi connectivity index (χ0n) is 11.2. The van der Waals surface area contributed by atoms with Crippen molar-refractivity contribution in [1.29, 1.82) is 0 Å². The Kier molecular flexibility index (Phi) is 5.91. The molecule has 4 heteroatoms. The monoisotopic (exact) mass is 236 g/mol. The van der Waals surface area contributed by atoms with Gasteiger partial charge < -0.3 is 5.32 Å². The zero-order valence-corrected chi connectivity index (χ0v) is 11.2. The summed E-state index contributed by atoms with van der Waals surface area (Å²) < 4.78 is 0. The third-order valence-corrected chi connectivity index (χ3v) is 2.91. The second-order valence-corrected chi connectivity index (χ2v) is 4.41. The van der Waals surface area contributed by atoms with Crippen LogP contribution in [-0.2, 0) is 0 Å². The molecule has 2 atom stereocenters. The maximum absolute atomic E-state index is 4.61. The van der Waals surface area contributed by atoms with E-state index in [9.17, 15) is 0 Å². The van der Waals surface area contributed by atoms with Crippen LogP contribution in [0.5, 0.6) is 0 Å². The molecule has 0 amide bonds. The molecule has 17 heavy (non-hydrogen) atoms. The number of aliphatic imine (C=N–C) groups is 2. The van der Waals surface area contributed by atoms with Crippen LogP contribution in [0.2, 0.25) is 0 Å². The minimum atomic E-state index is 0.136. The van der Waals surface area contributed by atoms with Gasteiger partial charge in [-0.05, 0) is 26.2 Å². The Labute approximate surface area is 104 Å². The summed E-state index contributed by atoms with van der Waals surface area (Å²) in [4.78, 5) is 8.89. The molecule has 0 radical (unpaired) electrons. The van der Waals surface area contributed by atoms with E-state index < -0.39 is 0 Å². The summed E-state index contributed by atoms with van der Waals surface area (Å²) in [5.74, 6) is 2.52. The van der Waals surface area contributed by atoms with Gasteiger partial charge in [0.15, 0.2) is 0 Å². The van der Waals surface area contributed by atoms with Gasteiger partial charge in [0, 0.05) is 19.5 Å². The second-order valence-electron chi connectivity index (χ2n) is 4.41. The molecule has 4 nitrogen and oxygen atoms in total. The van der Waals surface area contributed by atoms with Crippen LogP contribution in [0.25, 0.3) is 0 Å². The first kappa shape index (κ1) is 13.9. The second kappa shape index (κ2) is 7.22. The van der Waals surface area contributed by atoms with Crippen LogP contribution in [0.4, 0.5) is 0 Å². The fourth-order valence-corrected chi connectivity index (χ4v) is 1.73. The number of nitrogens with one attached hydrogen (secondary N) is 2. The van der Waals surface area contributed by atoms with Crippen molar-refractivity contribution in [2.24, 2.45) is 15.9 Å². The van der Waals surface area contributed by atoms with E-state index in [1.165, 1.54) is 0 Å². The van der Waals surface area contributed by atoms with Gasteiger partial charge in [0.25, 0.3) is 0 Å². The molecule has 1 rings (SSSR count). The van der Waals surface area contributed by atoms with Crippen molar-refractivity contribution < 1.29 is 0 Å². The molecule has 96 valence electrons. The van der Waals surface area contributed by atoms with Crippen LogP contribution < -0.4 is 10.6 Å². The van der Waals surface area contributed by atoms with E-state index in [1.54, 1.807) is 0 Å². The standard InChI is InChI=1S/C13H24N4/c1-5-12(6-2)9-15-11(4)17-13-7-8-14-10(3)16-13/h5,11-12,15H,1,6-9H2,2-4H3,(H,14,16,17). The first-order valence-corrected chi connectivity index (χ1v) is 6.36. The minimum absolute atomic E-state index is 0.136. The Morgan fingerprint density at radius 3 is 3.00 bits per heavy atom. The van der Waals surface area contributed by atoms with Crippen LogP contribution in [0.1, 0.15) is 33.6 Å². The van der Waals surface area contributed by atoms with Crippen LogP contribution in [0.3, 0.4) is 0 Å². The van der Waals surface area contributed by atoms with Gasteiger partial charge in [0.2, 0.25) is 0 Å². The highest BCUT2D eigenvalue weighted by Gasteiger charge is 2.09. The molecule has 0 aromatic heterocycles. The van der Waals surface area contributed by atoms with Crippen LogP contribution in [-0.4, -0.2) is 30.9 Å². The largest absolute Gasteiger partial charge is 0.333 e. The average Bonchev–Trinajstić information content (AvgIpc) is 2.30. The third-order valence-electron chi connectivity index (χ3n) is 2.91. The first-order valence-electron chi connectivity index (χ1n) is 6.36. The highest BCUT2D eigenvalue weighted by molar-refractivity contribution is 6.01. The summed E-state index contributed by atoms with van der Waals surface area (Å²) >= 11 is 0. The van der Waals surface area contributed by atoms with Crippen molar-refractivity contribution in [1.82, 2.24) is 10.6 Å². The summed E-state index contributed by atoms with van der Waals surface area (Å²) in [6, 6.07) is 0. The number of amidine groups is 2. The number of hydrogen-bond donors (Lipinski definition) is 2. The molecule has 0 fully saturated rings. The maximum atomic E-state index is 4.61. The Morgan fingerprint density at radius 2 is 2.41 bits per heavy atom. The number of hydrogen-bond acceptors (Lipinski definition) is 3. The predicted octanol–water partition coefficient (Wildman–Crippen LogP) is 1.94. The molecule has 2 N–H and O–H groups in total. The van der Waals surface area contributed by atoms with E-state index in [4.69, 9.17) is 0 Å². The molecule has 0 saturated heterocycles. The summed E-state index contributed by atoms with van der Waals surface area (Å²) in [5.41, 5.74) is 0. The smallest absolute Gasteiger partial charge is 0.105 e. The molecule has 0 spiro atoms. The zero-order chi connectivity index (χ0) is 12.7. The molecule has 1 aliphatic rings. The Morgan fingerprint density at radius 1 is 1.65 bits per heavy atom. The van der Waals surface area contributed by atoms with Crippen molar-refractivity contribution in [3.8, 4) is 0 Å². The molecule has 0 bridgehead atoms. The van der Waals surface area contributed by atoms with E-state index in [-0.39, 0.29) is 6.17 Å². The summed E-state index contributed by atoms with van der Waals surface area (Å²) in [6.07, 6.45) is 4.16. The molecule has 0 aromatic rings. The normalized spacial score (nSPS) is 21.6. The lowest BCUT2D eigenvalue weighted by Crippen LogP contribution is -2.37. The van der Waals surface area contributed by atoms with E-state index >= 15 is 0 Å². The van der Waals surface area contributed by atoms with Crippen molar-refractivity contribution in [2.75, 3.05) is 13.1 Å². The van der Waals surface area contributed by atoms with Crippen LogP contribution >= 0.6 is 0 Å². The fourth-order valence-electron chi connectivity index (χ4n) is 1.73. The van der Waals surface area contributed by atoms with Gasteiger partial charge in [-0.2, -0.15) is 0 Å². The van der Waals surface area contributed by atoms with Crippen molar-refractivity contribution in [2.45, 2.75) is 39.8 Å². The van der Waals surface area contributed by atoms with Gasteiger partial charge >= 0.3 is 0 Å². The quantitative estimate of drug-likeness (QED) is 0.692. The molecular weight excluding hydrogens is 212 g/mol. The van der Waals surface area contributed by atoms with Gasteiger partial charge in [0.05, 0.1) is 12.0 Å². The molecule has 2 unspecified atom stereocenters. The van der Waals surface area contributed by atoms with Crippen LogP contribution in [0, 0.1) is 5.92 Å². The highest BCUT2D eigenvalue weighted by Crippen LogP contribution is 2.02. The minimum Gasteiger partial charge on any atom is -0.333 e. The third kappa shape index (κ3) is 5.13. The number of rotatable bonds is 6. The van der Waals surface area contributed by atoms with Gasteiger partial charge in [-0.15, -0.1) is 6.58 Å². The Balaban J connectivity index is 2.38. The highest BCUT2D eigenvalue weighted by atomic mass is 15.1. The van der Waals surface area contributed by atoms with Crippen LogP contribution in [0.15, 0.2) is 22.6 Å². The molecule has 0 aromatic carbocycles. The van der Waals surface area contributed by atoms with Gasteiger partial charge in [-0.1, -0.05) is 13.0 Å². The van der Waals surface area contributed by atoms with E-state index in [2.05, 4.69) is 41.0 Å². The Hall–Kier alpha value is -1.16. The molecule has 1 aliphatic heterocycles. The van der Waals surface area contributed by atoms with E-state index in [0.717, 1.165) is 37.6 Å². The summed E-state index contributed by atoms with van der Waals surface area (Å²) in [6.45, 7) is 11.8. The topological polar surface area (TPSA) is 48.8 Å². The van der Waals surface area contributed by atoms with Gasteiger partial charge in [-0.3, -0.25) is 15.3 Å². The van der Waals surface area contributed by atoms with Crippen molar-refractivity contribution in [3.05, 3.63) is 12.7 Å². The SMILES string of the molecule is C=CC(CC)CNC(C)N=C1CCN=C(C)N1. The summed E-state index contributed by atoms with van der Waals surface area (Å²) in [7, 11) is 0. The molecule has 0 aliphatic carbocycles. The maximum Gasteiger partial charge on any atom is 0.105 e. The first-order chi connectivity index (χ1) is 8.15. The molecule has 0 saturated carbocycles. The lowest BCUT2D eigenvalue weighted by molar-refractivity contribution is 0.490. The summed E-state index contributed by atoms with van der Waals surface area (Å²) in [5, 5.41) is 6.61. The number of nitrogens with zero attached hydrogens (tertiary/aromatic N) is 2. The van der Waals surface area contributed by atoms with Crippen molar-refractivity contribution in [3.63, 3.8) is 0 Å². The van der Waals surface area contributed by atoms with Crippen molar-refractivity contribution >= 4 is 11.7 Å². The average molecular weight is 236 g/mol. The predicted molar refractivity (Wildman–Crippen MR) is 74.6 cm³/mol. The fraction of sp³-hybridized carbons (Fsp3) is 0.692. The lowest BCUT2D eigenvalue weighted by atomic mass is 10.1. The molecular formula is C13H24N4. The van der Waals surface area contributed by atoms with E-state index in [0.29, 0.717) is 5.92 Å². The van der Waals surface area contributed by atoms with Gasteiger partial charge in [0.1, 0.15) is 5.84 Å². The van der Waals surface area contributed by atoms with E-state index in [1.807, 2.05) is 13.0 Å². The molecule has 1 heterocycles.